The molecular weight excluding hydrogens is 286 g/mol. The zero-order chi connectivity index (χ0) is 16.2. The first kappa shape index (κ1) is 16.3. The number of ether oxygens (including phenoxy) is 2. The monoisotopic (exact) mass is 307 g/mol. The second kappa shape index (κ2) is 6.79. The molecule has 0 saturated carbocycles. The molecule has 0 aliphatic carbocycles. The van der Waals surface area contributed by atoms with Crippen LogP contribution in [0.15, 0.2) is 30.3 Å². The number of hydrogen-bond donors (Lipinski definition) is 1. The van der Waals surface area contributed by atoms with Crippen molar-refractivity contribution in [3.63, 3.8) is 0 Å². The molecule has 0 spiro atoms. The first-order chi connectivity index (χ1) is 10.4. The summed E-state index contributed by atoms with van der Waals surface area (Å²) in [5.41, 5.74) is 0.374. The molecule has 1 aliphatic rings. The Balaban J connectivity index is 2.00. The number of morpholine rings is 1. The normalized spacial score (nSPS) is 20.5. The number of carbonyl (C=O) groups excluding carboxylic acids is 1. The van der Waals surface area contributed by atoms with Crippen LogP contribution in [0, 0.1) is 0 Å². The van der Waals surface area contributed by atoms with Gasteiger partial charge in [0, 0.05) is 0 Å². The minimum atomic E-state index is -0.964. The Morgan fingerprint density at radius 2 is 2.05 bits per heavy atom. The number of benzene rings is 1. The number of rotatable bonds is 4. The fourth-order valence-electron chi connectivity index (χ4n) is 2.38. The lowest BCUT2D eigenvalue weighted by Crippen LogP contribution is -2.56. The molecule has 6 nitrogen and oxygen atoms in total. The van der Waals surface area contributed by atoms with Crippen molar-refractivity contribution in [2.75, 3.05) is 13.2 Å². The van der Waals surface area contributed by atoms with E-state index in [9.17, 15) is 9.59 Å². The molecule has 1 aliphatic heterocycles. The Morgan fingerprint density at radius 1 is 1.36 bits per heavy atom. The van der Waals surface area contributed by atoms with E-state index in [4.69, 9.17) is 14.6 Å². The first-order valence-electron chi connectivity index (χ1n) is 7.20. The Hall–Kier alpha value is -2.08. The predicted octanol–water partition coefficient (Wildman–Crippen LogP) is 2.28. The molecule has 1 N–H and O–H groups in total. The van der Waals surface area contributed by atoms with Gasteiger partial charge in [-0.05, 0) is 19.4 Å². The maximum absolute atomic E-state index is 12.3. The van der Waals surface area contributed by atoms with Crippen molar-refractivity contribution in [1.82, 2.24) is 4.90 Å². The standard InChI is InChI=1S/C16H21NO5/c1-16(2)11-17(13(10-22-16)8-14(18)19)15(20)21-9-12-6-4-3-5-7-12/h3-7,13H,8-11H2,1-2H3,(H,18,19). The van der Waals surface area contributed by atoms with E-state index < -0.39 is 23.7 Å². The van der Waals surface area contributed by atoms with Gasteiger partial charge < -0.3 is 14.6 Å². The molecule has 1 aromatic carbocycles. The molecule has 2 rings (SSSR count). The van der Waals surface area contributed by atoms with Crippen LogP contribution in [0.4, 0.5) is 4.79 Å². The van der Waals surface area contributed by atoms with Crippen molar-refractivity contribution in [1.29, 1.82) is 0 Å². The summed E-state index contributed by atoms with van der Waals surface area (Å²) >= 11 is 0. The van der Waals surface area contributed by atoms with E-state index in [1.807, 2.05) is 44.2 Å². The van der Waals surface area contributed by atoms with Crippen molar-refractivity contribution < 1.29 is 24.2 Å². The summed E-state index contributed by atoms with van der Waals surface area (Å²) in [5, 5.41) is 8.97. The first-order valence-corrected chi connectivity index (χ1v) is 7.20. The lowest BCUT2D eigenvalue weighted by atomic mass is 10.0. The summed E-state index contributed by atoms with van der Waals surface area (Å²) in [6, 6.07) is 8.85. The van der Waals surface area contributed by atoms with Crippen LogP contribution in [-0.4, -0.2) is 46.9 Å². The van der Waals surface area contributed by atoms with Gasteiger partial charge in [-0.25, -0.2) is 4.79 Å². The van der Waals surface area contributed by atoms with Crippen LogP contribution < -0.4 is 0 Å². The second-order valence-corrected chi connectivity index (χ2v) is 5.99. The predicted molar refractivity (Wildman–Crippen MR) is 79.4 cm³/mol. The van der Waals surface area contributed by atoms with Gasteiger partial charge in [0.25, 0.3) is 0 Å². The van der Waals surface area contributed by atoms with Gasteiger partial charge in [0.1, 0.15) is 6.61 Å². The van der Waals surface area contributed by atoms with Crippen LogP contribution in [0.5, 0.6) is 0 Å². The summed E-state index contributed by atoms with van der Waals surface area (Å²) in [7, 11) is 0. The summed E-state index contributed by atoms with van der Waals surface area (Å²) in [5.74, 6) is -0.964. The van der Waals surface area contributed by atoms with Crippen LogP contribution in [0.2, 0.25) is 0 Å². The molecule has 0 bridgehead atoms. The largest absolute Gasteiger partial charge is 0.481 e. The zero-order valence-corrected chi connectivity index (χ0v) is 12.8. The molecular formula is C16H21NO5. The van der Waals surface area contributed by atoms with Crippen molar-refractivity contribution in [2.24, 2.45) is 0 Å². The molecule has 1 saturated heterocycles. The van der Waals surface area contributed by atoms with E-state index in [-0.39, 0.29) is 19.6 Å². The molecule has 1 atom stereocenters. The minimum Gasteiger partial charge on any atom is -0.481 e. The highest BCUT2D eigenvalue weighted by molar-refractivity contribution is 5.72. The molecule has 0 aromatic heterocycles. The van der Waals surface area contributed by atoms with Gasteiger partial charge in [-0.15, -0.1) is 0 Å². The molecule has 1 heterocycles. The maximum atomic E-state index is 12.3. The van der Waals surface area contributed by atoms with Gasteiger partial charge in [-0.3, -0.25) is 9.69 Å². The Kier molecular flexibility index (Phi) is 5.03. The molecule has 120 valence electrons. The van der Waals surface area contributed by atoms with Gasteiger partial charge in [-0.2, -0.15) is 0 Å². The Bertz CT molecular complexity index is 529. The van der Waals surface area contributed by atoms with Gasteiger partial charge >= 0.3 is 12.1 Å². The van der Waals surface area contributed by atoms with Gasteiger partial charge in [-0.1, -0.05) is 30.3 Å². The molecule has 1 aromatic rings. The van der Waals surface area contributed by atoms with Crippen molar-refractivity contribution in [3.8, 4) is 0 Å². The average Bonchev–Trinajstić information content (AvgIpc) is 2.47. The summed E-state index contributed by atoms with van der Waals surface area (Å²) in [6.07, 6.45) is -0.664. The van der Waals surface area contributed by atoms with E-state index >= 15 is 0 Å². The third-order valence-corrected chi connectivity index (χ3v) is 3.51. The SMILES string of the molecule is CC1(C)CN(C(=O)OCc2ccccc2)C(CC(=O)O)CO1. The van der Waals surface area contributed by atoms with Crippen LogP contribution in [-0.2, 0) is 20.9 Å². The lowest BCUT2D eigenvalue weighted by Gasteiger charge is -2.42. The topological polar surface area (TPSA) is 76.1 Å². The summed E-state index contributed by atoms with van der Waals surface area (Å²) in [4.78, 5) is 24.7. The molecule has 1 fully saturated rings. The summed E-state index contributed by atoms with van der Waals surface area (Å²) in [6.45, 7) is 4.39. The zero-order valence-electron chi connectivity index (χ0n) is 12.8. The molecule has 1 amide bonds. The number of hydrogen-bond acceptors (Lipinski definition) is 4. The number of aliphatic carboxylic acids is 1. The second-order valence-electron chi connectivity index (χ2n) is 5.99. The van der Waals surface area contributed by atoms with Crippen LogP contribution in [0.1, 0.15) is 25.8 Å². The quantitative estimate of drug-likeness (QED) is 0.923. The summed E-state index contributed by atoms with van der Waals surface area (Å²) < 4.78 is 10.9. The van der Waals surface area contributed by atoms with E-state index in [1.54, 1.807) is 0 Å². The van der Waals surface area contributed by atoms with Gasteiger partial charge in [0.15, 0.2) is 0 Å². The lowest BCUT2D eigenvalue weighted by molar-refractivity contribution is -0.145. The third-order valence-electron chi connectivity index (χ3n) is 3.51. The third kappa shape index (κ3) is 4.46. The molecule has 0 radical (unpaired) electrons. The van der Waals surface area contributed by atoms with Crippen molar-refractivity contribution in [3.05, 3.63) is 35.9 Å². The highest BCUT2D eigenvalue weighted by Crippen LogP contribution is 2.23. The smallest absolute Gasteiger partial charge is 0.410 e. The highest BCUT2D eigenvalue weighted by atomic mass is 16.6. The van der Waals surface area contributed by atoms with E-state index in [0.29, 0.717) is 6.54 Å². The van der Waals surface area contributed by atoms with Crippen molar-refractivity contribution >= 4 is 12.1 Å². The average molecular weight is 307 g/mol. The van der Waals surface area contributed by atoms with Gasteiger partial charge in [0.05, 0.1) is 31.2 Å². The number of carboxylic acids is 1. The maximum Gasteiger partial charge on any atom is 0.410 e. The van der Waals surface area contributed by atoms with Gasteiger partial charge in [0.2, 0.25) is 0 Å². The number of amides is 1. The Morgan fingerprint density at radius 3 is 2.68 bits per heavy atom. The fraction of sp³-hybridized carbons (Fsp3) is 0.500. The highest BCUT2D eigenvalue weighted by Gasteiger charge is 2.38. The minimum absolute atomic E-state index is 0.156. The number of carboxylic acid groups (broad SMARTS) is 1. The van der Waals surface area contributed by atoms with E-state index in [2.05, 4.69) is 0 Å². The van der Waals surface area contributed by atoms with E-state index in [0.717, 1.165) is 5.56 Å². The van der Waals surface area contributed by atoms with Crippen LogP contribution >= 0.6 is 0 Å². The Labute approximate surface area is 129 Å². The fourth-order valence-corrected chi connectivity index (χ4v) is 2.38. The molecule has 1 unspecified atom stereocenters. The van der Waals surface area contributed by atoms with Crippen LogP contribution in [0.25, 0.3) is 0 Å². The molecule has 22 heavy (non-hydrogen) atoms. The number of nitrogens with zero attached hydrogens (tertiary/aromatic N) is 1. The number of carbonyl (C=O) groups is 2. The molecule has 6 heteroatoms. The van der Waals surface area contributed by atoms with E-state index in [1.165, 1.54) is 4.90 Å². The van der Waals surface area contributed by atoms with Crippen LogP contribution in [0.3, 0.4) is 0 Å². The van der Waals surface area contributed by atoms with Crippen molar-refractivity contribution in [2.45, 2.75) is 38.5 Å².